The summed E-state index contributed by atoms with van der Waals surface area (Å²) in [6.45, 7) is 2.28. The predicted octanol–water partition coefficient (Wildman–Crippen LogP) is 1.84. The third-order valence-corrected chi connectivity index (χ3v) is 5.19. The summed E-state index contributed by atoms with van der Waals surface area (Å²) in [7, 11) is 0. The first-order valence-electron chi connectivity index (χ1n) is 10.7. The Morgan fingerprint density at radius 1 is 0.903 bits per heavy atom. The predicted molar refractivity (Wildman–Crippen MR) is 117 cm³/mol. The van der Waals surface area contributed by atoms with E-state index in [2.05, 4.69) is 10.6 Å². The number of amides is 3. The van der Waals surface area contributed by atoms with Crippen molar-refractivity contribution in [3.05, 3.63) is 71.8 Å². The number of benzene rings is 2. The summed E-state index contributed by atoms with van der Waals surface area (Å²) in [6, 6.07) is 19.6. The molecule has 7 nitrogen and oxygen atoms in total. The van der Waals surface area contributed by atoms with Gasteiger partial charge in [0.05, 0.1) is 13.2 Å². The van der Waals surface area contributed by atoms with Crippen molar-refractivity contribution in [2.24, 2.45) is 0 Å². The van der Waals surface area contributed by atoms with E-state index in [1.165, 1.54) is 0 Å². The van der Waals surface area contributed by atoms with Crippen molar-refractivity contribution in [1.29, 1.82) is 0 Å². The average Bonchev–Trinajstić information content (AvgIpc) is 2.82. The number of nitrogens with one attached hydrogen (secondary N) is 2. The van der Waals surface area contributed by atoms with Crippen LogP contribution < -0.4 is 10.6 Å². The minimum absolute atomic E-state index is 0.0331. The van der Waals surface area contributed by atoms with Crippen LogP contribution in [0, 0.1) is 0 Å². The smallest absolute Gasteiger partial charge is 0.309 e. The first kappa shape index (κ1) is 22.5. The summed E-state index contributed by atoms with van der Waals surface area (Å²) >= 11 is 0. The lowest BCUT2D eigenvalue weighted by Gasteiger charge is -2.33. The summed E-state index contributed by atoms with van der Waals surface area (Å²) in [5, 5.41) is 5.19. The van der Waals surface area contributed by atoms with E-state index in [-0.39, 0.29) is 18.6 Å². The zero-order chi connectivity index (χ0) is 21.9. The largest absolute Gasteiger partial charge is 0.370 e. The van der Waals surface area contributed by atoms with E-state index in [9.17, 15) is 14.4 Å². The molecule has 2 N–H and O–H groups in total. The van der Waals surface area contributed by atoms with E-state index in [1.807, 2.05) is 60.7 Å². The van der Waals surface area contributed by atoms with Crippen molar-refractivity contribution in [3.8, 4) is 0 Å². The highest BCUT2D eigenvalue weighted by Gasteiger charge is 2.25. The first-order valence-corrected chi connectivity index (χ1v) is 10.7. The molecule has 1 heterocycles. The fraction of sp³-hybridized carbons (Fsp3) is 0.375. The highest BCUT2D eigenvalue weighted by molar-refractivity contribution is 6.35. The van der Waals surface area contributed by atoms with Crippen molar-refractivity contribution in [2.45, 2.75) is 25.4 Å². The molecule has 0 radical (unpaired) electrons. The van der Waals surface area contributed by atoms with E-state index in [0.29, 0.717) is 45.5 Å². The number of carbonyl (C=O) groups is 3. The van der Waals surface area contributed by atoms with E-state index in [0.717, 1.165) is 11.1 Å². The van der Waals surface area contributed by atoms with Crippen molar-refractivity contribution < 1.29 is 19.1 Å². The quantitative estimate of drug-likeness (QED) is 0.501. The highest BCUT2D eigenvalue weighted by atomic mass is 16.5. The average molecular weight is 424 g/mol. The normalized spacial score (nSPS) is 15.9. The molecule has 1 aliphatic heterocycles. The van der Waals surface area contributed by atoms with Crippen LogP contribution in [0.1, 0.15) is 30.1 Å². The monoisotopic (exact) mass is 423 g/mol. The maximum atomic E-state index is 12.5. The number of morpholine rings is 1. The standard InChI is InChI=1S/C24H29N3O4/c28-22(27-16-17-31-21(18-27)20-10-5-2-6-11-20)12-7-14-25-23(29)24(30)26-15-13-19-8-3-1-4-9-19/h1-6,8-11,21H,7,12-18H2,(H,25,29)(H,26,30). The topological polar surface area (TPSA) is 87.7 Å². The van der Waals surface area contributed by atoms with E-state index >= 15 is 0 Å². The van der Waals surface area contributed by atoms with Crippen LogP contribution in [-0.2, 0) is 25.5 Å². The molecule has 31 heavy (non-hydrogen) atoms. The van der Waals surface area contributed by atoms with Gasteiger partial charge in [0.1, 0.15) is 6.10 Å². The fourth-order valence-corrected chi connectivity index (χ4v) is 3.47. The van der Waals surface area contributed by atoms with Crippen LogP contribution in [0.4, 0.5) is 0 Å². The molecule has 7 heteroatoms. The molecular formula is C24H29N3O4. The third-order valence-electron chi connectivity index (χ3n) is 5.19. The van der Waals surface area contributed by atoms with Gasteiger partial charge in [0.25, 0.3) is 0 Å². The SMILES string of the molecule is O=C(NCCCC(=O)N1CCOC(c2ccccc2)C1)C(=O)NCCc1ccccc1. The van der Waals surface area contributed by atoms with Crippen LogP contribution in [0.25, 0.3) is 0 Å². The Labute approximate surface area is 182 Å². The lowest BCUT2D eigenvalue weighted by Crippen LogP contribution is -2.43. The molecule has 1 fully saturated rings. The van der Waals surface area contributed by atoms with Crippen LogP contribution in [0.3, 0.4) is 0 Å². The molecular weight excluding hydrogens is 394 g/mol. The van der Waals surface area contributed by atoms with Crippen molar-refractivity contribution in [2.75, 3.05) is 32.8 Å². The molecule has 3 rings (SSSR count). The van der Waals surface area contributed by atoms with Gasteiger partial charge in [-0.05, 0) is 24.0 Å². The minimum atomic E-state index is -0.670. The number of hydrogen-bond donors (Lipinski definition) is 2. The number of ether oxygens (including phenoxy) is 1. The zero-order valence-electron chi connectivity index (χ0n) is 17.6. The molecule has 1 atom stereocenters. The first-order chi connectivity index (χ1) is 15.1. The van der Waals surface area contributed by atoms with Gasteiger partial charge in [-0.3, -0.25) is 14.4 Å². The fourth-order valence-electron chi connectivity index (χ4n) is 3.47. The molecule has 0 aromatic heterocycles. The zero-order valence-corrected chi connectivity index (χ0v) is 17.6. The number of carbonyl (C=O) groups excluding carboxylic acids is 3. The van der Waals surface area contributed by atoms with E-state index in [4.69, 9.17) is 4.74 Å². The summed E-state index contributed by atoms with van der Waals surface area (Å²) in [5.41, 5.74) is 2.16. The second-order valence-corrected chi connectivity index (χ2v) is 7.46. The number of rotatable bonds is 8. The minimum Gasteiger partial charge on any atom is -0.370 e. The Morgan fingerprint density at radius 3 is 2.26 bits per heavy atom. The summed E-state index contributed by atoms with van der Waals surface area (Å²) in [4.78, 5) is 38.1. The van der Waals surface area contributed by atoms with E-state index < -0.39 is 11.8 Å². The van der Waals surface area contributed by atoms with Gasteiger partial charge in [0.15, 0.2) is 0 Å². The van der Waals surface area contributed by atoms with E-state index in [1.54, 1.807) is 4.90 Å². The Hall–Kier alpha value is -3.19. The molecule has 0 spiro atoms. The van der Waals surface area contributed by atoms with Gasteiger partial charge >= 0.3 is 11.8 Å². The maximum Gasteiger partial charge on any atom is 0.309 e. The summed E-state index contributed by atoms with van der Waals surface area (Å²) < 4.78 is 5.79. The highest BCUT2D eigenvalue weighted by Crippen LogP contribution is 2.22. The van der Waals surface area contributed by atoms with Gasteiger partial charge in [-0.1, -0.05) is 60.7 Å². The Balaban J connectivity index is 1.31. The lowest BCUT2D eigenvalue weighted by atomic mass is 10.1. The van der Waals surface area contributed by atoms with Gasteiger partial charge in [0.2, 0.25) is 5.91 Å². The van der Waals surface area contributed by atoms with Crippen LogP contribution in [-0.4, -0.2) is 55.4 Å². The lowest BCUT2D eigenvalue weighted by molar-refractivity contribution is -0.140. The molecule has 0 bridgehead atoms. The summed E-state index contributed by atoms with van der Waals surface area (Å²) in [5.74, 6) is -1.29. The molecule has 0 aliphatic carbocycles. The van der Waals surface area contributed by atoms with Crippen LogP contribution in [0.15, 0.2) is 60.7 Å². The second-order valence-electron chi connectivity index (χ2n) is 7.46. The third kappa shape index (κ3) is 7.22. The van der Waals surface area contributed by atoms with Crippen LogP contribution in [0.2, 0.25) is 0 Å². The maximum absolute atomic E-state index is 12.5. The Morgan fingerprint density at radius 2 is 1.55 bits per heavy atom. The Kier molecular flexibility index (Phi) is 8.60. The van der Waals surface area contributed by atoms with Gasteiger partial charge in [-0.25, -0.2) is 0 Å². The van der Waals surface area contributed by atoms with Crippen molar-refractivity contribution in [3.63, 3.8) is 0 Å². The van der Waals surface area contributed by atoms with Gasteiger partial charge < -0.3 is 20.3 Å². The molecule has 0 saturated carbocycles. The Bertz CT molecular complexity index is 858. The van der Waals surface area contributed by atoms with Crippen molar-refractivity contribution in [1.82, 2.24) is 15.5 Å². The van der Waals surface area contributed by atoms with Crippen molar-refractivity contribution >= 4 is 17.7 Å². The molecule has 1 aliphatic rings. The molecule has 164 valence electrons. The number of hydrogen-bond acceptors (Lipinski definition) is 4. The molecule has 2 aromatic carbocycles. The molecule has 1 saturated heterocycles. The second kappa shape index (κ2) is 11.9. The van der Waals surface area contributed by atoms with Gasteiger partial charge in [-0.2, -0.15) is 0 Å². The number of nitrogens with zero attached hydrogens (tertiary/aromatic N) is 1. The molecule has 3 amide bonds. The van der Waals surface area contributed by atoms with Gasteiger partial charge in [-0.15, -0.1) is 0 Å². The van der Waals surface area contributed by atoms with Crippen LogP contribution >= 0.6 is 0 Å². The molecule has 1 unspecified atom stereocenters. The summed E-state index contributed by atoms with van der Waals surface area (Å²) in [6.07, 6.45) is 1.35. The van der Waals surface area contributed by atoms with Gasteiger partial charge in [0, 0.05) is 26.1 Å². The molecule has 2 aromatic rings. The van der Waals surface area contributed by atoms with Crippen LogP contribution in [0.5, 0.6) is 0 Å².